The van der Waals surface area contributed by atoms with Crippen LogP contribution in [0, 0.1) is 5.92 Å². The molecule has 0 aromatic carbocycles. The third-order valence-corrected chi connectivity index (χ3v) is 3.86. The summed E-state index contributed by atoms with van der Waals surface area (Å²) in [4.78, 5) is 11.1. The number of halogens is 1. The lowest BCUT2D eigenvalue weighted by Gasteiger charge is -2.31. The number of aromatic nitrogens is 2. The van der Waals surface area contributed by atoms with Gasteiger partial charge in [-0.3, -0.25) is 0 Å². The fraction of sp³-hybridized carbons (Fsp3) is 0.667. The van der Waals surface area contributed by atoms with Crippen LogP contribution in [0.25, 0.3) is 0 Å². The largest absolute Gasteiger partial charge is 0.341 e. The van der Waals surface area contributed by atoms with Crippen LogP contribution in [0.5, 0.6) is 0 Å². The average molecular weight is 284 g/mol. The van der Waals surface area contributed by atoms with Gasteiger partial charge < -0.3 is 4.90 Å². The van der Waals surface area contributed by atoms with Crippen molar-refractivity contribution in [3.05, 3.63) is 18.0 Å². The first kappa shape index (κ1) is 11.8. The first-order valence-corrected chi connectivity index (χ1v) is 7.07. The maximum Gasteiger partial charge on any atom is 0.225 e. The van der Waals surface area contributed by atoms with Gasteiger partial charge >= 0.3 is 0 Å². The fourth-order valence-corrected chi connectivity index (χ4v) is 2.21. The highest BCUT2D eigenvalue weighted by Gasteiger charge is 2.21. The predicted molar refractivity (Wildman–Crippen MR) is 69.9 cm³/mol. The van der Waals surface area contributed by atoms with Gasteiger partial charge in [0.2, 0.25) is 5.95 Å². The molecule has 3 nitrogen and oxygen atoms in total. The van der Waals surface area contributed by atoms with E-state index in [1.165, 1.54) is 19.3 Å². The van der Waals surface area contributed by atoms with Gasteiger partial charge in [0.1, 0.15) is 0 Å². The van der Waals surface area contributed by atoms with Gasteiger partial charge in [-0.25, -0.2) is 9.97 Å². The first-order chi connectivity index (χ1) is 7.83. The highest BCUT2D eigenvalue weighted by atomic mass is 79.9. The molecule has 0 unspecified atom stereocenters. The zero-order valence-corrected chi connectivity index (χ0v) is 11.3. The van der Waals surface area contributed by atoms with Crippen LogP contribution in [0.2, 0.25) is 0 Å². The van der Waals surface area contributed by atoms with Crippen LogP contribution in [-0.2, 0) is 5.33 Å². The molecule has 0 amide bonds. The predicted octanol–water partition coefficient (Wildman–Crippen LogP) is 3.00. The van der Waals surface area contributed by atoms with Gasteiger partial charge in [0, 0.05) is 30.8 Å². The Kier molecular flexibility index (Phi) is 4.16. The first-order valence-electron chi connectivity index (χ1n) is 5.95. The van der Waals surface area contributed by atoms with Crippen LogP contribution >= 0.6 is 15.9 Å². The molecule has 0 saturated heterocycles. The normalized spacial score (nSPS) is 15.9. The van der Waals surface area contributed by atoms with Crippen molar-refractivity contribution in [3.8, 4) is 0 Å². The molecule has 1 heterocycles. The molecule has 4 heteroatoms. The lowest BCUT2D eigenvalue weighted by Crippen LogP contribution is -2.33. The van der Waals surface area contributed by atoms with Gasteiger partial charge in [-0.1, -0.05) is 22.4 Å². The molecule has 1 fully saturated rings. The van der Waals surface area contributed by atoms with Crippen LogP contribution in [0.4, 0.5) is 5.95 Å². The number of anilines is 1. The molecule has 1 aliphatic rings. The third-order valence-electron chi connectivity index (χ3n) is 3.21. The van der Waals surface area contributed by atoms with Gasteiger partial charge in [0.15, 0.2) is 0 Å². The minimum atomic E-state index is 0.821. The van der Waals surface area contributed by atoms with Gasteiger partial charge in [-0.05, 0) is 31.2 Å². The molecule has 16 heavy (non-hydrogen) atoms. The third kappa shape index (κ3) is 2.73. The van der Waals surface area contributed by atoms with Crippen molar-refractivity contribution in [1.29, 1.82) is 0 Å². The highest BCUT2D eigenvalue weighted by molar-refractivity contribution is 9.08. The van der Waals surface area contributed by atoms with E-state index in [4.69, 9.17) is 0 Å². The van der Waals surface area contributed by atoms with Crippen molar-refractivity contribution < 1.29 is 0 Å². The SMILES string of the molecule is CCN(CC1CCC1)c1ncc(CBr)cn1. The summed E-state index contributed by atoms with van der Waals surface area (Å²) in [5.41, 5.74) is 1.13. The summed E-state index contributed by atoms with van der Waals surface area (Å²) in [5, 5.41) is 0.821. The van der Waals surface area contributed by atoms with Gasteiger partial charge in [-0.2, -0.15) is 0 Å². The Morgan fingerprint density at radius 1 is 1.38 bits per heavy atom. The average Bonchev–Trinajstić information content (AvgIpc) is 2.28. The monoisotopic (exact) mass is 283 g/mol. The molecule has 1 saturated carbocycles. The van der Waals surface area contributed by atoms with Gasteiger partial charge in [0.25, 0.3) is 0 Å². The van der Waals surface area contributed by atoms with E-state index >= 15 is 0 Å². The molecule has 1 aromatic heterocycles. The maximum absolute atomic E-state index is 4.42. The van der Waals surface area contributed by atoms with E-state index in [2.05, 4.69) is 37.7 Å². The Morgan fingerprint density at radius 2 is 2.06 bits per heavy atom. The Hall–Kier alpha value is -0.640. The van der Waals surface area contributed by atoms with Crippen LogP contribution in [0.1, 0.15) is 31.7 Å². The van der Waals surface area contributed by atoms with Gasteiger partial charge in [0.05, 0.1) is 0 Å². The van der Waals surface area contributed by atoms with Crippen molar-refractivity contribution in [2.45, 2.75) is 31.5 Å². The smallest absolute Gasteiger partial charge is 0.225 e. The molecule has 88 valence electrons. The second kappa shape index (κ2) is 5.62. The Bertz CT molecular complexity index is 322. The highest BCUT2D eigenvalue weighted by Crippen LogP contribution is 2.27. The second-order valence-corrected chi connectivity index (χ2v) is 4.92. The molecule has 2 rings (SSSR count). The van der Waals surface area contributed by atoms with Crippen molar-refractivity contribution in [1.82, 2.24) is 9.97 Å². The summed E-state index contributed by atoms with van der Waals surface area (Å²) in [5.74, 6) is 1.73. The van der Waals surface area contributed by atoms with Crippen molar-refractivity contribution in [3.63, 3.8) is 0 Å². The summed E-state index contributed by atoms with van der Waals surface area (Å²) in [6, 6.07) is 0. The minimum absolute atomic E-state index is 0.821. The molecule has 0 radical (unpaired) electrons. The standard InChI is InChI=1S/C12H18BrN3/c1-2-16(9-10-4-3-5-10)12-14-7-11(6-13)8-15-12/h7-8,10H,2-6,9H2,1H3. The molecule has 0 N–H and O–H groups in total. The van der Waals surface area contributed by atoms with Crippen LogP contribution in [-0.4, -0.2) is 23.1 Å². The molecule has 0 aliphatic heterocycles. The number of nitrogens with zero attached hydrogens (tertiary/aromatic N) is 3. The Balaban J connectivity index is 2.00. The van der Waals surface area contributed by atoms with Gasteiger partial charge in [-0.15, -0.1) is 0 Å². The lowest BCUT2D eigenvalue weighted by atomic mass is 9.85. The van der Waals surface area contributed by atoms with E-state index in [0.29, 0.717) is 0 Å². The molecule has 1 aromatic rings. The van der Waals surface area contributed by atoms with Crippen molar-refractivity contribution in [2.75, 3.05) is 18.0 Å². The van der Waals surface area contributed by atoms with E-state index in [-0.39, 0.29) is 0 Å². The fourth-order valence-electron chi connectivity index (χ4n) is 1.92. The molecule has 0 atom stereocenters. The molecule has 0 spiro atoms. The van der Waals surface area contributed by atoms with Crippen LogP contribution < -0.4 is 4.90 Å². The maximum atomic E-state index is 4.42. The molecule has 1 aliphatic carbocycles. The van der Waals surface area contributed by atoms with Crippen molar-refractivity contribution >= 4 is 21.9 Å². The van der Waals surface area contributed by atoms with Crippen LogP contribution in [0.3, 0.4) is 0 Å². The van der Waals surface area contributed by atoms with Crippen molar-refractivity contribution in [2.24, 2.45) is 5.92 Å². The van der Waals surface area contributed by atoms with E-state index in [0.717, 1.165) is 35.8 Å². The number of hydrogen-bond donors (Lipinski definition) is 0. The summed E-state index contributed by atoms with van der Waals surface area (Å²) >= 11 is 3.40. The topological polar surface area (TPSA) is 29.0 Å². The number of hydrogen-bond acceptors (Lipinski definition) is 3. The molecular formula is C12H18BrN3. The lowest BCUT2D eigenvalue weighted by molar-refractivity contribution is 0.317. The minimum Gasteiger partial charge on any atom is -0.341 e. The van der Waals surface area contributed by atoms with E-state index in [1.807, 2.05) is 12.4 Å². The van der Waals surface area contributed by atoms with E-state index < -0.39 is 0 Å². The van der Waals surface area contributed by atoms with Crippen LogP contribution in [0.15, 0.2) is 12.4 Å². The Labute approximate surface area is 105 Å². The summed E-state index contributed by atoms with van der Waals surface area (Å²) < 4.78 is 0. The second-order valence-electron chi connectivity index (χ2n) is 4.36. The molecule has 0 bridgehead atoms. The Morgan fingerprint density at radius 3 is 2.50 bits per heavy atom. The zero-order chi connectivity index (χ0) is 11.4. The van der Waals surface area contributed by atoms with E-state index in [1.54, 1.807) is 0 Å². The summed E-state index contributed by atoms with van der Waals surface area (Å²) in [6.07, 6.45) is 7.94. The number of rotatable bonds is 5. The number of alkyl halides is 1. The summed E-state index contributed by atoms with van der Waals surface area (Å²) in [7, 11) is 0. The molecular weight excluding hydrogens is 266 g/mol. The zero-order valence-electron chi connectivity index (χ0n) is 9.69. The van der Waals surface area contributed by atoms with E-state index in [9.17, 15) is 0 Å². The summed E-state index contributed by atoms with van der Waals surface area (Å²) in [6.45, 7) is 4.27. The quantitative estimate of drug-likeness (QED) is 0.778.